The third kappa shape index (κ3) is 3.13. The first-order valence-electron chi connectivity index (χ1n) is 6.34. The molecular weight excluding hydrogens is 298 g/mol. The van der Waals surface area contributed by atoms with Crippen LogP contribution in [0.3, 0.4) is 0 Å². The van der Waals surface area contributed by atoms with Gasteiger partial charge in [-0.15, -0.1) is 0 Å². The van der Waals surface area contributed by atoms with Crippen molar-refractivity contribution in [1.82, 2.24) is 9.21 Å². The van der Waals surface area contributed by atoms with Crippen LogP contribution in [0.1, 0.15) is 6.92 Å². The molecule has 5 nitrogen and oxygen atoms in total. The lowest BCUT2D eigenvalue weighted by molar-refractivity contribution is 0.169. The Hall–Kier alpha value is -1.13. The first-order chi connectivity index (χ1) is 9.45. The van der Waals surface area contributed by atoms with Crippen LogP contribution in [0.5, 0.6) is 0 Å². The van der Waals surface area contributed by atoms with Crippen molar-refractivity contribution in [3.63, 3.8) is 0 Å². The molecule has 0 radical (unpaired) electrons. The second-order valence-electron chi connectivity index (χ2n) is 4.70. The highest BCUT2D eigenvalue weighted by Crippen LogP contribution is 2.20. The molecule has 1 aromatic rings. The molecule has 108 valence electrons. The van der Waals surface area contributed by atoms with Gasteiger partial charge in [-0.25, -0.2) is 8.42 Å². The minimum atomic E-state index is -3.47. The number of rotatable bonds is 3. The summed E-state index contributed by atoms with van der Waals surface area (Å²) in [5, 5.41) is 9.39. The monoisotopic (exact) mass is 313 g/mol. The summed E-state index contributed by atoms with van der Waals surface area (Å²) in [6, 6.07) is 8.16. The molecule has 1 saturated heterocycles. The predicted octanol–water partition coefficient (Wildman–Crippen LogP) is 1.56. The lowest BCUT2D eigenvalue weighted by Gasteiger charge is -2.35. The van der Waals surface area contributed by atoms with Crippen molar-refractivity contribution in [3.05, 3.63) is 29.3 Å². The van der Waals surface area contributed by atoms with Gasteiger partial charge in [0.1, 0.15) is 0 Å². The number of benzene rings is 1. The van der Waals surface area contributed by atoms with Gasteiger partial charge >= 0.3 is 0 Å². The number of sulfonamides is 1. The second kappa shape index (κ2) is 6.10. The second-order valence-corrected chi connectivity index (χ2v) is 7.07. The van der Waals surface area contributed by atoms with Crippen LogP contribution in [0.4, 0.5) is 0 Å². The molecule has 1 aliphatic rings. The average Bonchev–Trinajstić information content (AvgIpc) is 2.47. The van der Waals surface area contributed by atoms with Gasteiger partial charge in [-0.05, 0) is 31.2 Å². The standard InChI is InChI=1S/C13H16ClN3O2S/c1-11(10-15)16-6-8-17(9-7-16)20(18,19)13-4-2-12(14)3-5-13/h2-5,11H,6-9H2,1H3. The van der Waals surface area contributed by atoms with Gasteiger partial charge in [0, 0.05) is 31.2 Å². The molecule has 0 aliphatic carbocycles. The summed E-state index contributed by atoms with van der Waals surface area (Å²) in [5.74, 6) is 0. The minimum absolute atomic E-state index is 0.185. The Balaban J connectivity index is 2.10. The predicted molar refractivity (Wildman–Crippen MR) is 76.9 cm³/mol. The number of halogens is 1. The van der Waals surface area contributed by atoms with Crippen molar-refractivity contribution in [2.24, 2.45) is 0 Å². The van der Waals surface area contributed by atoms with Crippen LogP contribution in [0, 0.1) is 11.3 Å². The Kier molecular flexibility index (Phi) is 4.66. The minimum Gasteiger partial charge on any atom is -0.286 e. The molecule has 2 rings (SSSR count). The van der Waals surface area contributed by atoms with Crippen LogP contribution in [0.2, 0.25) is 5.02 Å². The van der Waals surface area contributed by atoms with E-state index in [0.717, 1.165) is 0 Å². The van der Waals surface area contributed by atoms with Crippen molar-refractivity contribution >= 4 is 21.6 Å². The van der Waals surface area contributed by atoms with E-state index < -0.39 is 10.0 Å². The highest BCUT2D eigenvalue weighted by atomic mass is 35.5. The fourth-order valence-corrected chi connectivity index (χ4v) is 3.72. The molecule has 20 heavy (non-hydrogen) atoms. The van der Waals surface area contributed by atoms with Gasteiger partial charge in [-0.2, -0.15) is 9.57 Å². The number of hydrogen-bond donors (Lipinski definition) is 0. The van der Waals surface area contributed by atoms with Gasteiger partial charge in [-0.3, -0.25) is 4.90 Å². The molecule has 0 amide bonds. The smallest absolute Gasteiger partial charge is 0.243 e. The Bertz CT molecular complexity index is 601. The number of nitrogens with zero attached hydrogens (tertiary/aromatic N) is 3. The summed E-state index contributed by atoms with van der Waals surface area (Å²) >= 11 is 5.77. The van der Waals surface area contributed by atoms with E-state index in [1.54, 1.807) is 12.1 Å². The molecule has 1 aromatic carbocycles. The highest BCUT2D eigenvalue weighted by Gasteiger charge is 2.29. The normalized spacial score (nSPS) is 19.4. The largest absolute Gasteiger partial charge is 0.286 e. The molecule has 0 spiro atoms. The zero-order valence-corrected chi connectivity index (χ0v) is 12.7. The van der Waals surface area contributed by atoms with Gasteiger partial charge in [0.05, 0.1) is 17.0 Å². The maximum absolute atomic E-state index is 12.4. The molecule has 0 bridgehead atoms. The Labute approximate surface area is 124 Å². The van der Waals surface area contributed by atoms with Crippen molar-refractivity contribution < 1.29 is 8.42 Å². The Morgan fingerprint density at radius 3 is 2.25 bits per heavy atom. The molecule has 0 aromatic heterocycles. The van der Waals surface area contributed by atoms with Crippen LogP contribution >= 0.6 is 11.6 Å². The van der Waals surface area contributed by atoms with Gasteiger partial charge in [0.15, 0.2) is 0 Å². The average molecular weight is 314 g/mol. The molecule has 1 aliphatic heterocycles. The molecular formula is C13H16ClN3O2S. The van der Waals surface area contributed by atoms with Gasteiger partial charge in [0.25, 0.3) is 0 Å². The van der Waals surface area contributed by atoms with Crippen LogP contribution in [-0.2, 0) is 10.0 Å². The fourth-order valence-electron chi connectivity index (χ4n) is 2.17. The number of piperazine rings is 1. The van der Waals surface area contributed by atoms with Crippen LogP contribution in [0.15, 0.2) is 29.2 Å². The lowest BCUT2D eigenvalue weighted by Crippen LogP contribution is -2.50. The van der Waals surface area contributed by atoms with Crippen molar-refractivity contribution in [1.29, 1.82) is 5.26 Å². The third-order valence-electron chi connectivity index (χ3n) is 3.46. The van der Waals surface area contributed by atoms with E-state index in [1.807, 2.05) is 11.8 Å². The van der Waals surface area contributed by atoms with E-state index in [1.165, 1.54) is 16.4 Å². The number of nitriles is 1. The van der Waals surface area contributed by atoms with E-state index in [4.69, 9.17) is 16.9 Å². The van der Waals surface area contributed by atoms with E-state index in [-0.39, 0.29) is 10.9 Å². The molecule has 0 saturated carbocycles. The SMILES string of the molecule is CC(C#N)N1CCN(S(=O)(=O)c2ccc(Cl)cc2)CC1. The van der Waals surface area contributed by atoms with Gasteiger partial charge in [-0.1, -0.05) is 11.6 Å². The molecule has 1 unspecified atom stereocenters. The van der Waals surface area contributed by atoms with Gasteiger partial charge < -0.3 is 0 Å². The summed E-state index contributed by atoms with van der Waals surface area (Å²) in [6.45, 7) is 3.76. The summed E-state index contributed by atoms with van der Waals surface area (Å²) in [6.07, 6.45) is 0. The first kappa shape index (κ1) is 15.3. The van der Waals surface area contributed by atoms with Crippen LogP contribution in [-0.4, -0.2) is 49.8 Å². The van der Waals surface area contributed by atoms with E-state index >= 15 is 0 Å². The summed E-state index contributed by atoms with van der Waals surface area (Å²) in [4.78, 5) is 2.23. The number of hydrogen-bond acceptors (Lipinski definition) is 4. The molecule has 7 heteroatoms. The molecule has 1 heterocycles. The summed E-state index contributed by atoms with van der Waals surface area (Å²) in [7, 11) is -3.47. The van der Waals surface area contributed by atoms with Crippen molar-refractivity contribution in [2.45, 2.75) is 17.9 Å². The summed E-state index contributed by atoms with van der Waals surface area (Å²) in [5.41, 5.74) is 0. The maximum Gasteiger partial charge on any atom is 0.243 e. The van der Waals surface area contributed by atoms with E-state index in [0.29, 0.717) is 31.2 Å². The van der Waals surface area contributed by atoms with Crippen molar-refractivity contribution in [3.8, 4) is 6.07 Å². The Morgan fingerprint density at radius 1 is 1.20 bits per heavy atom. The van der Waals surface area contributed by atoms with Gasteiger partial charge in [0.2, 0.25) is 10.0 Å². The lowest BCUT2D eigenvalue weighted by atomic mass is 10.2. The first-order valence-corrected chi connectivity index (χ1v) is 8.16. The molecule has 1 fully saturated rings. The van der Waals surface area contributed by atoms with Crippen molar-refractivity contribution in [2.75, 3.05) is 26.2 Å². The maximum atomic E-state index is 12.4. The topological polar surface area (TPSA) is 64.4 Å². The quantitative estimate of drug-likeness (QED) is 0.849. The molecule has 0 N–H and O–H groups in total. The van der Waals surface area contributed by atoms with Crippen LogP contribution in [0.25, 0.3) is 0 Å². The van der Waals surface area contributed by atoms with E-state index in [9.17, 15) is 8.42 Å². The molecule has 1 atom stereocenters. The summed E-state index contributed by atoms with van der Waals surface area (Å²) < 4.78 is 26.3. The van der Waals surface area contributed by atoms with E-state index in [2.05, 4.69) is 6.07 Å². The zero-order valence-electron chi connectivity index (χ0n) is 11.2. The van der Waals surface area contributed by atoms with Crippen LogP contribution < -0.4 is 0 Å². The highest BCUT2D eigenvalue weighted by molar-refractivity contribution is 7.89. The zero-order chi connectivity index (χ0) is 14.8. The Morgan fingerprint density at radius 2 is 1.75 bits per heavy atom. The third-order valence-corrected chi connectivity index (χ3v) is 5.62. The fraction of sp³-hybridized carbons (Fsp3) is 0.462.